The summed E-state index contributed by atoms with van der Waals surface area (Å²) in [6.07, 6.45) is 2.64. The highest BCUT2D eigenvalue weighted by Gasteiger charge is 2.08. The molecule has 2 N–H and O–H groups in total. The van der Waals surface area contributed by atoms with Crippen molar-refractivity contribution in [2.45, 2.75) is 26.8 Å². The fourth-order valence-electron chi connectivity index (χ4n) is 1.65. The molecule has 1 amide bonds. The first-order valence-electron chi connectivity index (χ1n) is 6.20. The summed E-state index contributed by atoms with van der Waals surface area (Å²) in [5, 5.41) is 2.84. The number of amides is 1. The Labute approximate surface area is 120 Å². The molecule has 0 aliphatic rings. The van der Waals surface area contributed by atoms with Crippen molar-refractivity contribution in [1.82, 2.24) is 5.32 Å². The van der Waals surface area contributed by atoms with Crippen molar-refractivity contribution in [3.8, 4) is 0 Å². The summed E-state index contributed by atoms with van der Waals surface area (Å²) >= 11 is 0. The van der Waals surface area contributed by atoms with Gasteiger partial charge in [-0.05, 0) is 38.5 Å². The van der Waals surface area contributed by atoms with Gasteiger partial charge >= 0.3 is 0 Å². The first-order chi connectivity index (χ1) is 9.17. The van der Waals surface area contributed by atoms with E-state index in [-0.39, 0.29) is 11.9 Å². The van der Waals surface area contributed by atoms with Crippen LogP contribution in [-0.4, -0.2) is 20.6 Å². The Morgan fingerprint density at radius 1 is 1.20 bits per heavy atom. The SMILES string of the molecule is CC(C)=CC(=O)N[C@@H](C)c1ccc(NS(C)(=O)=O)cc1. The number of carbonyl (C=O) groups excluding carboxylic acids is 1. The fraction of sp³-hybridized carbons (Fsp3) is 0.357. The minimum absolute atomic E-state index is 0.143. The third-order valence-corrected chi connectivity index (χ3v) is 3.10. The van der Waals surface area contributed by atoms with Crippen LogP contribution in [0.1, 0.15) is 32.4 Å². The fourth-order valence-corrected chi connectivity index (χ4v) is 2.22. The van der Waals surface area contributed by atoms with E-state index in [1.165, 1.54) is 6.08 Å². The smallest absolute Gasteiger partial charge is 0.244 e. The van der Waals surface area contributed by atoms with Gasteiger partial charge in [0.15, 0.2) is 0 Å². The molecule has 110 valence electrons. The minimum Gasteiger partial charge on any atom is -0.346 e. The van der Waals surface area contributed by atoms with Crippen LogP contribution in [0.3, 0.4) is 0 Å². The van der Waals surface area contributed by atoms with Gasteiger partial charge in [-0.2, -0.15) is 0 Å². The van der Waals surface area contributed by atoms with Crippen molar-refractivity contribution in [2.24, 2.45) is 0 Å². The Kier molecular flexibility index (Phi) is 5.33. The number of carbonyl (C=O) groups is 1. The molecule has 0 fully saturated rings. The molecule has 20 heavy (non-hydrogen) atoms. The molecule has 6 heteroatoms. The molecular weight excluding hydrogens is 276 g/mol. The van der Waals surface area contributed by atoms with E-state index in [9.17, 15) is 13.2 Å². The Hall–Kier alpha value is -1.82. The van der Waals surface area contributed by atoms with Crippen LogP contribution in [0.15, 0.2) is 35.9 Å². The maximum atomic E-state index is 11.6. The second-order valence-corrected chi connectivity index (χ2v) is 6.70. The Morgan fingerprint density at radius 2 is 1.75 bits per heavy atom. The number of sulfonamides is 1. The summed E-state index contributed by atoms with van der Waals surface area (Å²) in [5.41, 5.74) is 2.33. The van der Waals surface area contributed by atoms with E-state index in [4.69, 9.17) is 0 Å². The lowest BCUT2D eigenvalue weighted by Crippen LogP contribution is -2.24. The molecule has 0 heterocycles. The Morgan fingerprint density at radius 3 is 2.20 bits per heavy atom. The van der Waals surface area contributed by atoms with Gasteiger partial charge in [-0.3, -0.25) is 9.52 Å². The lowest BCUT2D eigenvalue weighted by Gasteiger charge is -2.14. The van der Waals surface area contributed by atoms with E-state index >= 15 is 0 Å². The van der Waals surface area contributed by atoms with Crippen LogP contribution in [0, 0.1) is 0 Å². The van der Waals surface area contributed by atoms with E-state index in [1.54, 1.807) is 24.3 Å². The lowest BCUT2D eigenvalue weighted by molar-refractivity contribution is -0.117. The monoisotopic (exact) mass is 296 g/mol. The maximum absolute atomic E-state index is 11.6. The third-order valence-electron chi connectivity index (χ3n) is 2.49. The summed E-state index contributed by atoms with van der Waals surface area (Å²) in [4.78, 5) is 11.6. The summed E-state index contributed by atoms with van der Waals surface area (Å²) < 4.78 is 24.6. The number of rotatable bonds is 5. The molecule has 0 radical (unpaired) electrons. The minimum atomic E-state index is -3.27. The van der Waals surface area contributed by atoms with Gasteiger partial charge in [-0.25, -0.2) is 8.42 Å². The first-order valence-corrected chi connectivity index (χ1v) is 8.09. The van der Waals surface area contributed by atoms with Gasteiger partial charge < -0.3 is 5.32 Å². The van der Waals surface area contributed by atoms with Gasteiger partial charge in [-0.15, -0.1) is 0 Å². The molecule has 0 aliphatic carbocycles. The number of anilines is 1. The van der Waals surface area contributed by atoms with Crippen LogP contribution in [0.25, 0.3) is 0 Å². The number of allylic oxidation sites excluding steroid dienone is 1. The Bertz CT molecular complexity index is 600. The van der Waals surface area contributed by atoms with E-state index in [1.807, 2.05) is 20.8 Å². The van der Waals surface area contributed by atoms with Crippen molar-refractivity contribution in [3.63, 3.8) is 0 Å². The van der Waals surface area contributed by atoms with Crippen LogP contribution < -0.4 is 10.0 Å². The van der Waals surface area contributed by atoms with E-state index in [0.717, 1.165) is 17.4 Å². The number of hydrogen-bond donors (Lipinski definition) is 2. The molecule has 1 atom stereocenters. The van der Waals surface area contributed by atoms with Crippen LogP contribution in [0.2, 0.25) is 0 Å². The standard InChI is InChI=1S/C14H20N2O3S/c1-10(2)9-14(17)15-11(3)12-5-7-13(8-6-12)16-20(4,18)19/h5-9,11,16H,1-4H3,(H,15,17)/t11-/m0/s1. The quantitative estimate of drug-likeness (QED) is 0.818. The second kappa shape index (κ2) is 6.56. The molecular formula is C14H20N2O3S. The molecule has 1 aromatic rings. The normalized spacial score (nSPS) is 12.4. The summed E-state index contributed by atoms with van der Waals surface area (Å²) in [6.45, 7) is 5.58. The molecule has 0 bridgehead atoms. The van der Waals surface area contributed by atoms with Gasteiger partial charge in [0, 0.05) is 11.8 Å². The molecule has 1 aromatic carbocycles. The molecule has 5 nitrogen and oxygen atoms in total. The first kappa shape index (κ1) is 16.2. The van der Waals surface area contributed by atoms with Gasteiger partial charge in [0.1, 0.15) is 0 Å². The molecule has 0 unspecified atom stereocenters. The molecule has 0 aliphatic heterocycles. The average Bonchev–Trinajstić information content (AvgIpc) is 2.26. The lowest BCUT2D eigenvalue weighted by atomic mass is 10.1. The van der Waals surface area contributed by atoms with Crippen molar-refractivity contribution >= 4 is 21.6 Å². The van der Waals surface area contributed by atoms with Crippen molar-refractivity contribution in [3.05, 3.63) is 41.5 Å². The zero-order valence-electron chi connectivity index (χ0n) is 12.1. The maximum Gasteiger partial charge on any atom is 0.244 e. The zero-order valence-corrected chi connectivity index (χ0v) is 12.9. The molecule has 0 aromatic heterocycles. The number of benzene rings is 1. The van der Waals surface area contributed by atoms with Crippen LogP contribution >= 0.6 is 0 Å². The molecule has 0 saturated carbocycles. The Balaban J connectivity index is 2.73. The number of hydrogen-bond acceptors (Lipinski definition) is 3. The second-order valence-electron chi connectivity index (χ2n) is 4.95. The van der Waals surface area contributed by atoms with Gasteiger partial charge in [0.2, 0.25) is 15.9 Å². The van der Waals surface area contributed by atoms with Crippen LogP contribution in [-0.2, 0) is 14.8 Å². The third kappa shape index (κ3) is 5.88. The van der Waals surface area contributed by atoms with Gasteiger partial charge in [0.05, 0.1) is 12.3 Å². The molecule has 1 rings (SSSR count). The van der Waals surface area contributed by atoms with Gasteiger partial charge in [-0.1, -0.05) is 17.7 Å². The largest absolute Gasteiger partial charge is 0.346 e. The summed E-state index contributed by atoms with van der Waals surface area (Å²) in [5.74, 6) is -0.143. The zero-order chi connectivity index (χ0) is 15.3. The topological polar surface area (TPSA) is 75.3 Å². The van der Waals surface area contributed by atoms with E-state index in [0.29, 0.717) is 5.69 Å². The number of nitrogens with one attached hydrogen (secondary N) is 2. The van der Waals surface area contributed by atoms with Gasteiger partial charge in [0.25, 0.3) is 0 Å². The van der Waals surface area contributed by atoms with Crippen LogP contribution in [0.5, 0.6) is 0 Å². The predicted octanol–water partition coefficient (Wildman–Crippen LogP) is 2.20. The summed E-state index contributed by atoms with van der Waals surface area (Å²) in [7, 11) is -3.27. The summed E-state index contributed by atoms with van der Waals surface area (Å²) in [6, 6.07) is 6.74. The highest BCUT2D eigenvalue weighted by molar-refractivity contribution is 7.92. The van der Waals surface area contributed by atoms with Crippen molar-refractivity contribution in [1.29, 1.82) is 0 Å². The average molecular weight is 296 g/mol. The van der Waals surface area contributed by atoms with E-state index in [2.05, 4.69) is 10.0 Å². The van der Waals surface area contributed by atoms with Crippen LogP contribution in [0.4, 0.5) is 5.69 Å². The predicted molar refractivity (Wildman–Crippen MR) is 80.9 cm³/mol. The van der Waals surface area contributed by atoms with E-state index < -0.39 is 10.0 Å². The molecule has 0 spiro atoms. The highest BCUT2D eigenvalue weighted by atomic mass is 32.2. The highest BCUT2D eigenvalue weighted by Crippen LogP contribution is 2.16. The van der Waals surface area contributed by atoms with Crippen molar-refractivity contribution < 1.29 is 13.2 Å². The molecule has 0 saturated heterocycles. The van der Waals surface area contributed by atoms with Crippen molar-refractivity contribution in [2.75, 3.05) is 11.0 Å².